The highest BCUT2D eigenvalue weighted by atomic mass is 16.3. The zero-order chi connectivity index (χ0) is 11.3. The van der Waals surface area contributed by atoms with E-state index in [4.69, 9.17) is 5.11 Å². The zero-order valence-electron chi connectivity index (χ0n) is 8.60. The largest absolute Gasteiger partial charge is 0.393 e. The molecule has 0 bridgehead atoms. The van der Waals surface area contributed by atoms with Crippen LogP contribution in [0.5, 0.6) is 0 Å². The Morgan fingerprint density at radius 2 is 2.27 bits per heavy atom. The number of rotatable bonds is 4. The van der Waals surface area contributed by atoms with E-state index in [0.717, 1.165) is 0 Å². The molecule has 4 nitrogen and oxygen atoms in total. The molecule has 0 spiro atoms. The van der Waals surface area contributed by atoms with Crippen molar-refractivity contribution >= 4 is 5.91 Å². The molecule has 1 aromatic carbocycles. The highest BCUT2D eigenvalue weighted by Crippen LogP contribution is 2.13. The monoisotopic (exact) mass is 209 g/mol. The topological polar surface area (TPSA) is 69.6 Å². The summed E-state index contributed by atoms with van der Waals surface area (Å²) < 4.78 is 0. The van der Waals surface area contributed by atoms with E-state index >= 15 is 0 Å². The number of aliphatic hydroxyl groups excluding tert-OH is 2. The van der Waals surface area contributed by atoms with Crippen LogP contribution in [0.25, 0.3) is 0 Å². The average Bonchev–Trinajstić information content (AvgIpc) is 2.28. The highest BCUT2D eigenvalue weighted by Gasteiger charge is 2.09. The maximum Gasteiger partial charge on any atom is 0.251 e. The molecular formula is C11H15NO3. The van der Waals surface area contributed by atoms with Crippen LogP contribution in [0.1, 0.15) is 28.9 Å². The molecule has 0 radical (unpaired) electrons. The van der Waals surface area contributed by atoms with E-state index in [9.17, 15) is 9.90 Å². The van der Waals surface area contributed by atoms with Crippen molar-refractivity contribution in [1.29, 1.82) is 0 Å². The molecule has 82 valence electrons. The predicted molar refractivity (Wildman–Crippen MR) is 56.5 cm³/mol. The van der Waals surface area contributed by atoms with Gasteiger partial charge in [0.05, 0.1) is 6.61 Å². The lowest BCUT2D eigenvalue weighted by atomic mass is 10.1. The first kappa shape index (κ1) is 11.7. The summed E-state index contributed by atoms with van der Waals surface area (Å²) in [5, 5.41) is 20.8. The standard InChI is InChI=1S/C11H15NO3/c1-2-12-11(15)9-5-3-4-8(6-9)10(14)7-13/h3-6,10,13-14H,2,7H2,1H3,(H,12,15). The van der Waals surface area contributed by atoms with Crippen LogP contribution in [0.3, 0.4) is 0 Å². The van der Waals surface area contributed by atoms with E-state index in [1.54, 1.807) is 24.3 Å². The van der Waals surface area contributed by atoms with E-state index in [0.29, 0.717) is 17.7 Å². The number of carbonyl (C=O) groups is 1. The number of hydrogen-bond acceptors (Lipinski definition) is 3. The molecule has 0 saturated heterocycles. The first-order valence-corrected chi connectivity index (χ1v) is 4.86. The summed E-state index contributed by atoms with van der Waals surface area (Å²) in [6.07, 6.45) is -0.931. The average molecular weight is 209 g/mol. The normalized spacial score (nSPS) is 12.2. The van der Waals surface area contributed by atoms with Crippen LogP contribution in [0.15, 0.2) is 24.3 Å². The summed E-state index contributed by atoms with van der Waals surface area (Å²) in [6, 6.07) is 6.59. The minimum Gasteiger partial charge on any atom is -0.393 e. The van der Waals surface area contributed by atoms with Crippen molar-refractivity contribution in [3.05, 3.63) is 35.4 Å². The van der Waals surface area contributed by atoms with Gasteiger partial charge >= 0.3 is 0 Å². The maximum absolute atomic E-state index is 11.5. The van der Waals surface area contributed by atoms with E-state index < -0.39 is 6.10 Å². The summed E-state index contributed by atoms with van der Waals surface area (Å²) in [7, 11) is 0. The second-order valence-electron chi connectivity index (χ2n) is 3.18. The van der Waals surface area contributed by atoms with Gasteiger partial charge in [0.15, 0.2) is 0 Å². The second kappa shape index (κ2) is 5.48. The Labute approximate surface area is 88.6 Å². The number of hydrogen-bond donors (Lipinski definition) is 3. The van der Waals surface area contributed by atoms with Crippen LogP contribution < -0.4 is 5.32 Å². The van der Waals surface area contributed by atoms with Gasteiger partial charge in [0.1, 0.15) is 6.10 Å². The first-order chi connectivity index (χ1) is 7.19. The number of benzene rings is 1. The fraction of sp³-hybridized carbons (Fsp3) is 0.364. The summed E-state index contributed by atoms with van der Waals surface area (Å²) >= 11 is 0. The van der Waals surface area contributed by atoms with E-state index in [-0.39, 0.29) is 12.5 Å². The summed E-state index contributed by atoms with van der Waals surface area (Å²) in [4.78, 5) is 11.5. The van der Waals surface area contributed by atoms with Crippen LogP contribution in [0, 0.1) is 0 Å². The molecule has 1 atom stereocenters. The number of nitrogens with one attached hydrogen (secondary N) is 1. The fourth-order valence-corrected chi connectivity index (χ4v) is 1.26. The quantitative estimate of drug-likeness (QED) is 0.674. The number of amides is 1. The molecule has 3 N–H and O–H groups in total. The van der Waals surface area contributed by atoms with Crippen LogP contribution in [-0.2, 0) is 0 Å². The molecular weight excluding hydrogens is 194 g/mol. The molecule has 0 aliphatic rings. The Balaban J connectivity index is 2.87. The Hall–Kier alpha value is -1.39. The van der Waals surface area contributed by atoms with Gasteiger partial charge in [0.25, 0.3) is 5.91 Å². The molecule has 4 heteroatoms. The molecule has 0 aromatic heterocycles. The Kier molecular flexibility index (Phi) is 4.27. The number of carbonyl (C=O) groups excluding carboxylic acids is 1. The molecule has 1 amide bonds. The van der Waals surface area contributed by atoms with Crippen molar-refractivity contribution in [2.24, 2.45) is 0 Å². The third-order valence-corrected chi connectivity index (χ3v) is 2.04. The van der Waals surface area contributed by atoms with Gasteiger partial charge in [0, 0.05) is 12.1 Å². The fourth-order valence-electron chi connectivity index (χ4n) is 1.26. The van der Waals surface area contributed by atoms with Gasteiger partial charge < -0.3 is 15.5 Å². The van der Waals surface area contributed by atoms with Crippen molar-refractivity contribution in [2.75, 3.05) is 13.2 Å². The molecule has 0 saturated carbocycles. The SMILES string of the molecule is CCNC(=O)c1cccc(C(O)CO)c1. The summed E-state index contributed by atoms with van der Waals surface area (Å²) in [5.41, 5.74) is 1.03. The molecule has 15 heavy (non-hydrogen) atoms. The van der Waals surface area contributed by atoms with Crippen LogP contribution >= 0.6 is 0 Å². The van der Waals surface area contributed by atoms with Gasteiger partial charge in [-0.2, -0.15) is 0 Å². The van der Waals surface area contributed by atoms with Crippen LogP contribution in [0.2, 0.25) is 0 Å². The van der Waals surface area contributed by atoms with Crippen molar-refractivity contribution in [1.82, 2.24) is 5.32 Å². The minimum atomic E-state index is -0.931. The Bertz CT molecular complexity index is 338. The molecule has 1 rings (SSSR count). The highest BCUT2D eigenvalue weighted by molar-refractivity contribution is 5.94. The lowest BCUT2D eigenvalue weighted by Crippen LogP contribution is -2.22. The Morgan fingerprint density at radius 3 is 2.87 bits per heavy atom. The predicted octanol–water partition coefficient (Wildman–Crippen LogP) is 0.462. The molecule has 1 unspecified atom stereocenters. The van der Waals surface area contributed by atoms with E-state index in [1.807, 2.05) is 6.92 Å². The lowest BCUT2D eigenvalue weighted by molar-refractivity contribution is 0.0937. The molecule has 0 fully saturated rings. The zero-order valence-corrected chi connectivity index (χ0v) is 8.60. The number of aliphatic hydroxyl groups is 2. The van der Waals surface area contributed by atoms with E-state index in [1.165, 1.54) is 0 Å². The van der Waals surface area contributed by atoms with Gasteiger partial charge in [-0.3, -0.25) is 4.79 Å². The van der Waals surface area contributed by atoms with Crippen molar-refractivity contribution < 1.29 is 15.0 Å². The third-order valence-electron chi connectivity index (χ3n) is 2.04. The van der Waals surface area contributed by atoms with E-state index in [2.05, 4.69) is 5.32 Å². The molecule has 0 aliphatic carbocycles. The summed E-state index contributed by atoms with van der Waals surface area (Å²) in [5.74, 6) is -0.176. The first-order valence-electron chi connectivity index (χ1n) is 4.86. The van der Waals surface area contributed by atoms with Crippen LogP contribution in [0.4, 0.5) is 0 Å². The van der Waals surface area contributed by atoms with Gasteiger partial charge in [0.2, 0.25) is 0 Å². The smallest absolute Gasteiger partial charge is 0.251 e. The van der Waals surface area contributed by atoms with Crippen molar-refractivity contribution in [3.63, 3.8) is 0 Å². The molecule has 0 aliphatic heterocycles. The lowest BCUT2D eigenvalue weighted by Gasteiger charge is -2.09. The third kappa shape index (κ3) is 3.04. The van der Waals surface area contributed by atoms with Gasteiger partial charge in [-0.25, -0.2) is 0 Å². The minimum absolute atomic E-state index is 0.176. The van der Waals surface area contributed by atoms with Crippen molar-refractivity contribution in [2.45, 2.75) is 13.0 Å². The van der Waals surface area contributed by atoms with Crippen molar-refractivity contribution in [3.8, 4) is 0 Å². The van der Waals surface area contributed by atoms with Gasteiger partial charge in [-0.1, -0.05) is 12.1 Å². The molecule has 0 heterocycles. The van der Waals surface area contributed by atoms with Gasteiger partial charge in [-0.15, -0.1) is 0 Å². The summed E-state index contributed by atoms with van der Waals surface area (Å²) in [6.45, 7) is 2.05. The van der Waals surface area contributed by atoms with Crippen LogP contribution in [-0.4, -0.2) is 29.3 Å². The second-order valence-corrected chi connectivity index (χ2v) is 3.18. The maximum atomic E-state index is 11.5. The Morgan fingerprint density at radius 1 is 1.53 bits per heavy atom. The van der Waals surface area contributed by atoms with Gasteiger partial charge in [-0.05, 0) is 24.6 Å². The molecule has 1 aromatic rings.